The fourth-order valence-corrected chi connectivity index (χ4v) is 3.26. The summed E-state index contributed by atoms with van der Waals surface area (Å²) in [5.74, 6) is 0.717. The monoisotopic (exact) mass is 642 g/mol. The Bertz CT molecular complexity index is 1330. The van der Waals surface area contributed by atoms with Gasteiger partial charge in [0.15, 0.2) is 0 Å². The van der Waals surface area contributed by atoms with Crippen LogP contribution in [0.2, 0.25) is 0 Å². The molecule has 0 atom stereocenters. The first-order chi connectivity index (χ1) is 16.1. The molecule has 3 aromatic heterocycles. The molecule has 9 heteroatoms. The SMILES string of the molecule is Oc1cccc2cccnc12.Oc1cccc2cccnc12.Oc1cccc2cccnc12.[Ga].[Ga].[Ga]. The number of fused-ring (bicyclic) bond motifs is 3. The summed E-state index contributed by atoms with van der Waals surface area (Å²) in [6, 6.07) is 27.4. The molecule has 3 aromatic carbocycles. The molecule has 171 valence electrons. The average Bonchev–Trinajstić information content (AvgIpc) is 2.86. The molecule has 0 spiro atoms. The third-order valence-electron chi connectivity index (χ3n) is 4.83. The molecule has 0 saturated carbocycles. The van der Waals surface area contributed by atoms with Gasteiger partial charge in [0.05, 0.1) is 0 Å². The van der Waals surface area contributed by atoms with Crippen molar-refractivity contribution in [2.45, 2.75) is 0 Å². The maximum Gasteiger partial charge on any atom is 0.141 e. The van der Waals surface area contributed by atoms with Gasteiger partial charge in [-0.25, -0.2) is 0 Å². The van der Waals surface area contributed by atoms with Crippen LogP contribution in [0.3, 0.4) is 0 Å². The number of phenolic OH excluding ortho intramolecular Hbond substituents is 3. The molecule has 0 saturated heterocycles. The van der Waals surface area contributed by atoms with Crippen molar-refractivity contribution in [1.29, 1.82) is 0 Å². The molecule has 6 nitrogen and oxygen atoms in total. The molecule has 0 fully saturated rings. The van der Waals surface area contributed by atoms with Crippen LogP contribution >= 0.6 is 0 Å². The average molecular weight is 645 g/mol. The number of nitrogens with zero attached hydrogens (tertiary/aromatic N) is 3. The summed E-state index contributed by atoms with van der Waals surface area (Å²) in [6.45, 7) is 0. The summed E-state index contributed by atoms with van der Waals surface area (Å²) >= 11 is 0. The second kappa shape index (κ2) is 15.3. The van der Waals surface area contributed by atoms with E-state index >= 15 is 0 Å². The Morgan fingerprint density at radius 3 is 0.861 bits per heavy atom. The third kappa shape index (κ3) is 7.85. The van der Waals surface area contributed by atoms with Crippen LogP contribution in [0.4, 0.5) is 0 Å². The van der Waals surface area contributed by atoms with Crippen molar-refractivity contribution in [2.24, 2.45) is 0 Å². The smallest absolute Gasteiger partial charge is 0.141 e. The molecule has 6 rings (SSSR count). The number of phenols is 3. The molecule has 36 heavy (non-hydrogen) atoms. The van der Waals surface area contributed by atoms with Gasteiger partial charge in [0.25, 0.3) is 0 Å². The van der Waals surface area contributed by atoms with Gasteiger partial charge in [0, 0.05) is 94.1 Å². The van der Waals surface area contributed by atoms with Crippen molar-refractivity contribution in [2.75, 3.05) is 0 Å². The molecule has 0 bridgehead atoms. The van der Waals surface area contributed by atoms with Gasteiger partial charge >= 0.3 is 0 Å². The second-order valence-corrected chi connectivity index (χ2v) is 7.06. The minimum atomic E-state index is 0. The Morgan fingerprint density at radius 2 is 0.611 bits per heavy atom. The third-order valence-corrected chi connectivity index (χ3v) is 4.83. The predicted octanol–water partition coefficient (Wildman–Crippen LogP) is 4.68. The van der Waals surface area contributed by atoms with Crippen LogP contribution in [0.15, 0.2) is 110 Å². The quantitative estimate of drug-likeness (QED) is 0.208. The van der Waals surface area contributed by atoms with Gasteiger partial charge < -0.3 is 15.3 Å². The number of para-hydroxylation sites is 3. The zero-order valence-electron chi connectivity index (χ0n) is 19.3. The summed E-state index contributed by atoms with van der Waals surface area (Å²) in [6.07, 6.45) is 5.01. The van der Waals surface area contributed by atoms with Crippen molar-refractivity contribution in [3.05, 3.63) is 110 Å². The first kappa shape index (κ1) is 31.2. The Kier molecular flexibility index (Phi) is 13.3. The van der Waals surface area contributed by atoms with E-state index in [4.69, 9.17) is 0 Å². The summed E-state index contributed by atoms with van der Waals surface area (Å²) < 4.78 is 0. The van der Waals surface area contributed by atoms with Crippen molar-refractivity contribution in [3.8, 4) is 17.2 Å². The van der Waals surface area contributed by atoms with Crippen LogP contribution in [-0.2, 0) is 0 Å². The number of hydrogen-bond donors (Lipinski definition) is 3. The minimum Gasteiger partial charge on any atom is -0.506 e. The van der Waals surface area contributed by atoms with Gasteiger partial charge in [-0.15, -0.1) is 0 Å². The van der Waals surface area contributed by atoms with Gasteiger partial charge in [-0.1, -0.05) is 54.6 Å². The molecule has 6 aromatic rings. The zero-order valence-corrected chi connectivity index (χ0v) is 26.6. The molecule has 0 aliphatic rings. The van der Waals surface area contributed by atoms with Crippen molar-refractivity contribution in [1.82, 2.24) is 15.0 Å². The van der Waals surface area contributed by atoms with Crippen LogP contribution in [0.5, 0.6) is 17.2 Å². The van der Waals surface area contributed by atoms with E-state index in [0.717, 1.165) is 16.2 Å². The van der Waals surface area contributed by atoms with E-state index in [0.29, 0.717) is 16.6 Å². The fraction of sp³-hybridized carbons (Fsp3) is 0. The number of benzene rings is 3. The molecule has 0 amide bonds. The molecular weight excluding hydrogens is 623 g/mol. The van der Waals surface area contributed by atoms with Crippen LogP contribution in [-0.4, -0.2) is 89.6 Å². The largest absolute Gasteiger partial charge is 0.506 e. The number of hydrogen-bond acceptors (Lipinski definition) is 6. The van der Waals surface area contributed by atoms with Gasteiger partial charge in [0.2, 0.25) is 0 Å². The first-order valence-corrected chi connectivity index (χ1v) is 10.2. The first-order valence-electron chi connectivity index (χ1n) is 10.2. The Balaban J connectivity index is 0.000000259. The van der Waals surface area contributed by atoms with E-state index in [9.17, 15) is 15.3 Å². The van der Waals surface area contributed by atoms with E-state index < -0.39 is 0 Å². The second-order valence-electron chi connectivity index (χ2n) is 7.06. The molecular formula is C27H21Ga3N3O3. The minimum absolute atomic E-state index is 0. The topological polar surface area (TPSA) is 99.4 Å². The molecule has 0 aliphatic heterocycles. The molecule has 0 aliphatic carbocycles. The van der Waals surface area contributed by atoms with E-state index in [2.05, 4.69) is 15.0 Å². The molecule has 0 unspecified atom stereocenters. The van der Waals surface area contributed by atoms with Gasteiger partial charge in [-0.2, -0.15) is 0 Å². The summed E-state index contributed by atoms with van der Waals surface area (Å²) in [5, 5.41) is 30.8. The van der Waals surface area contributed by atoms with Crippen LogP contribution in [0.25, 0.3) is 32.7 Å². The summed E-state index contributed by atoms with van der Waals surface area (Å²) in [7, 11) is 0. The maximum absolute atomic E-state index is 9.31. The van der Waals surface area contributed by atoms with Crippen molar-refractivity contribution in [3.63, 3.8) is 0 Å². The summed E-state index contributed by atoms with van der Waals surface area (Å²) in [4.78, 5) is 12.1. The summed E-state index contributed by atoms with van der Waals surface area (Å²) in [5.41, 5.74) is 1.99. The number of aromatic nitrogens is 3. The molecule has 9 radical (unpaired) electrons. The zero-order chi connectivity index (χ0) is 23.0. The van der Waals surface area contributed by atoms with Gasteiger partial charge in [-0.05, 0) is 36.4 Å². The Morgan fingerprint density at radius 1 is 0.361 bits per heavy atom. The number of rotatable bonds is 0. The van der Waals surface area contributed by atoms with Crippen LogP contribution in [0, 0.1) is 0 Å². The van der Waals surface area contributed by atoms with Crippen molar-refractivity contribution >= 4 is 92.1 Å². The number of pyridine rings is 3. The van der Waals surface area contributed by atoms with Crippen molar-refractivity contribution < 1.29 is 15.3 Å². The fourth-order valence-electron chi connectivity index (χ4n) is 3.26. The maximum atomic E-state index is 9.31. The van der Waals surface area contributed by atoms with Gasteiger partial charge in [0.1, 0.15) is 33.8 Å². The van der Waals surface area contributed by atoms with E-state index in [1.54, 1.807) is 55.0 Å². The predicted molar refractivity (Wildman–Crippen MR) is 147 cm³/mol. The Hall–Kier alpha value is -2.80. The van der Waals surface area contributed by atoms with E-state index in [-0.39, 0.29) is 76.6 Å². The molecule has 3 N–H and O–H groups in total. The Labute approximate surface area is 247 Å². The van der Waals surface area contributed by atoms with Gasteiger partial charge in [-0.3, -0.25) is 15.0 Å². The van der Waals surface area contributed by atoms with E-state index in [1.807, 2.05) is 54.6 Å². The van der Waals surface area contributed by atoms with E-state index in [1.165, 1.54) is 0 Å². The van der Waals surface area contributed by atoms with Crippen LogP contribution < -0.4 is 0 Å². The standard InChI is InChI=1S/3C9H7NO.3Ga/c3*11-8-5-1-3-7-4-2-6-10-9(7)8;;;/h3*1-6,11H;;;. The molecule has 3 heterocycles. The normalized spacial score (nSPS) is 9.33. The van der Waals surface area contributed by atoms with Crippen LogP contribution in [0.1, 0.15) is 0 Å². The number of aromatic hydroxyl groups is 3.